The van der Waals surface area contributed by atoms with Gasteiger partial charge in [0.15, 0.2) is 0 Å². The summed E-state index contributed by atoms with van der Waals surface area (Å²) in [6, 6.07) is 0. The summed E-state index contributed by atoms with van der Waals surface area (Å²) in [6.45, 7) is 4.42. The average molecular weight is 198 g/mol. The molecule has 13 heavy (non-hydrogen) atoms. The number of hydrogen-bond donors (Lipinski definition) is 0. The zero-order valence-corrected chi connectivity index (χ0v) is 8.37. The van der Waals surface area contributed by atoms with Crippen molar-refractivity contribution in [1.29, 1.82) is 0 Å². The molecule has 0 saturated heterocycles. The average Bonchev–Trinajstić information content (AvgIpc) is 2.06. The molecular formula is C9H17F3O. The van der Waals surface area contributed by atoms with Crippen molar-refractivity contribution >= 4 is 0 Å². The molecule has 0 aromatic heterocycles. The first-order chi connectivity index (χ1) is 5.89. The molecule has 0 unspecified atom stereocenters. The van der Waals surface area contributed by atoms with Gasteiger partial charge in [-0.1, -0.05) is 20.8 Å². The van der Waals surface area contributed by atoms with Crippen molar-refractivity contribution in [3.05, 3.63) is 0 Å². The van der Waals surface area contributed by atoms with Gasteiger partial charge in [0, 0.05) is 0 Å². The lowest BCUT2D eigenvalue weighted by Crippen LogP contribution is -2.34. The van der Waals surface area contributed by atoms with Crippen LogP contribution in [0, 0.1) is 0 Å². The molecule has 0 radical (unpaired) electrons. The lowest BCUT2D eigenvalue weighted by Gasteiger charge is -2.31. The predicted molar refractivity (Wildman–Crippen MR) is 45.6 cm³/mol. The first kappa shape index (κ1) is 12.8. The third-order valence-electron chi connectivity index (χ3n) is 2.48. The molecule has 1 nitrogen and oxygen atoms in total. The monoisotopic (exact) mass is 198 g/mol. The molecule has 0 N–H and O–H groups in total. The quantitative estimate of drug-likeness (QED) is 0.656. The Hall–Kier alpha value is -0.250. The third kappa shape index (κ3) is 4.50. The molecule has 0 aliphatic heterocycles. The molecular weight excluding hydrogens is 181 g/mol. The molecule has 0 saturated carbocycles. The van der Waals surface area contributed by atoms with E-state index in [1.54, 1.807) is 0 Å². The minimum absolute atomic E-state index is 0.588. The van der Waals surface area contributed by atoms with E-state index in [-0.39, 0.29) is 0 Å². The minimum atomic E-state index is -4.22. The fraction of sp³-hybridized carbons (Fsp3) is 1.00. The van der Waals surface area contributed by atoms with E-state index in [9.17, 15) is 13.2 Å². The van der Waals surface area contributed by atoms with E-state index >= 15 is 0 Å². The first-order valence-corrected chi connectivity index (χ1v) is 4.60. The summed E-state index contributed by atoms with van der Waals surface area (Å²) in [6.07, 6.45) is -2.35. The minimum Gasteiger partial charge on any atom is -0.366 e. The molecule has 0 aliphatic carbocycles. The van der Waals surface area contributed by atoms with Crippen molar-refractivity contribution in [2.75, 3.05) is 6.61 Å². The van der Waals surface area contributed by atoms with Crippen LogP contribution in [0.3, 0.4) is 0 Å². The number of ether oxygens (including phenoxy) is 1. The summed E-state index contributed by atoms with van der Waals surface area (Å²) in [4.78, 5) is 0. The Balaban J connectivity index is 4.11. The van der Waals surface area contributed by atoms with Crippen LogP contribution < -0.4 is 0 Å². The number of hydrogen-bond acceptors (Lipinski definition) is 1. The molecule has 0 atom stereocenters. The van der Waals surface area contributed by atoms with Crippen LogP contribution in [0.25, 0.3) is 0 Å². The highest BCUT2D eigenvalue weighted by Crippen LogP contribution is 2.27. The lowest BCUT2D eigenvalue weighted by molar-refractivity contribution is -0.207. The highest BCUT2D eigenvalue weighted by atomic mass is 19.4. The van der Waals surface area contributed by atoms with E-state index in [1.165, 1.54) is 0 Å². The van der Waals surface area contributed by atoms with E-state index in [0.717, 1.165) is 0 Å². The maximum atomic E-state index is 11.9. The Kier molecular flexibility index (Phi) is 4.75. The Morgan fingerprint density at radius 2 is 1.31 bits per heavy atom. The van der Waals surface area contributed by atoms with Gasteiger partial charge >= 0.3 is 6.18 Å². The molecule has 0 aromatic carbocycles. The largest absolute Gasteiger partial charge is 0.411 e. The van der Waals surface area contributed by atoms with Crippen molar-refractivity contribution in [3.8, 4) is 0 Å². The fourth-order valence-electron chi connectivity index (χ4n) is 1.29. The van der Waals surface area contributed by atoms with Gasteiger partial charge < -0.3 is 4.74 Å². The molecule has 80 valence electrons. The lowest BCUT2D eigenvalue weighted by atomic mass is 9.94. The van der Waals surface area contributed by atoms with Crippen LogP contribution >= 0.6 is 0 Å². The Labute approximate surface area is 77.3 Å². The van der Waals surface area contributed by atoms with E-state index in [1.807, 2.05) is 20.8 Å². The molecule has 0 aliphatic rings. The molecule has 0 spiro atoms. The van der Waals surface area contributed by atoms with Gasteiger partial charge in [0.2, 0.25) is 0 Å². The van der Waals surface area contributed by atoms with E-state index < -0.39 is 18.4 Å². The Bertz CT molecular complexity index is 130. The summed E-state index contributed by atoms with van der Waals surface area (Å²) < 4.78 is 40.5. The zero-order valence-electron chi connectivity index (χ0n) is 8.37. The number of halogens is 3. The predicted octanol–water partition coefficient (Wildman–Crippen LogP) is 3.53. The molecule has 0 fully saturated rings. The molecule has 0 amide bonds. The van der Waals surface area contributed by atoms with Crippen molar-refractivity contribution in [2.24, 2.45) is 0 Å². The van der Waals surface area contributed by atoms with Crippen molar-refractivity contribution in [2.45, 2.75) is 51.8 Å². The first-order valence-electron chi connectivity index (χ1n) is 4.60. The van der Waals surface area contributed by atoms with Gasteiger partial charge in [-0.15, -0.1) is 0 Å². The van der Waals surface area contributed by atoms with Crippen molar-refractivity contribution in [3.63, 3.8) is 0 Å². The van der Waals surface area contributed by atoms with E-state index in [0.29, 0.717) is 19.3 Å². The second-order valence-electron chi connectivity index (χ2n) is 3.15. The molecule has 4 heteroatoms. The smallest absolute Gasteiger partial charge is 0.366 e. The molecule has 0 heterocycles. The maximum Gasteiger partial charge on any atom is 0.411 e. The summed E-state index contributed by atoms with van der Waals surface area (Å²) in [7, 11) is 0. The maximum absolute atomic E-state index is 11.9. The third-order valence-corrected chi connectivity index (χ3v) is 2.48. The normalized spacial score (nSPS) is 13.4. The summed E-state index contributed by atoms with van der Waals surface area (Å²) in [5.41, 5.74) is -0.588. The fourth-order valence-corrected chi connectivity index (χ4v) is 1.29. The Morgan fingerprint density at radius 1 is 0.923 bits per heavy atom. The highest BCUT2D eigenvalue weighted by Gasteiger charge is 2.33. The van der Waals surface area contributed by atoms with Crippen LogP contribution in [0.2, 0.25) is 0 Å². The molecule has 0 rings (SSSR count). The zero-order chi connectivity index (χ0) is 10.5. The second-order valence-corrected chi connectivity index (χ2v) is 3.15. The van der Waals surface area contributed by atoms with Gasteiger partial charge in [-0.05, 0) is 19.3 Å². The van der Waals surface area contributed by atoms with Gasteiger partial charge in [-0.2, -0.15) is 13.2 Å². The second kappa shape index (κ2) is 4.84. The van der Waals surface area contributed by atoms with Crippen LogP contribution in [0.5, 0.6) is 0 Å². The number of alkyl halides is 3. The summed E-state index contributed by atoms with van der Waals surface area (Å²) in [5.74, 6) is 0. The van der Waals surface area contributed by atoms with Gasteiger partial charge in [-0.3, -0.25) is 0 Å². The van der Waals surface area contributed by atoms with Gasteiger partial charge in [0.25, 0.3) is 0 Å². The topological polar surface area (TPSA) is 9.23 Å². The van der Waals surface area contributed by atoms with Crippen LogP contribution in [0.4, 0.5) is 13.2 Å². The summed E-state index contributed by atoms with van der Waals surface area (Å²) in [5, 5.41) is 0. The Morgan fingerprint density at radius 3 is 1.54 bits per heavy atom. The molecule has 0 bridgehead atoms. The van der Waals surface area contributed by atoms with Crippen molar-refractivity contribution < 1.29 is 17.9 Å². The van der Waals surface area contributed by atoms with E-state index in [2.05, 4.69) is 0 Å². The van der Waals surface area contributed by atoms with Crippen molar-refractivity contribution in [1.82, 2.24) is 0 Å². The van der Waals surface area contributed by atoms with Crippen LogP contribution in [-0.2, 0) is 4.74 Å². The van der Waals surface area contributed by atoms with Gasteiger partial charge in [-0.25, -0.2) is 0 Å². The SMILES string of the molecule is CCC(CC)(CC)OCC(F)(F)F. The molecule has 0 aromatic rings. The van der Waals surface area contributed by atoms with Crippen LogP contribution in [-0.4, -0.2) is 18.4 Å². The van der Waals surface area contributed by atoms with E-state index in [4.69, 9.17) is 4.74 Å². The highest BCUT2D eigenvalue weighted by molar-refractivity contribution is 4.76. The van der Waals surface area contributed by atoms with Gasteiger partial charge in [0.1, 0.15) is 6.61 Å². The number of rotatable bonds is 5. The van der Waals surface area contributed by atoms with Gasteiger partial charge in [0.05, 0.1) is 5.60 Å². The van der Waals surface area contributed by atoms with Crippen LogP contribution in [0.1, 0.15) is 40.0 Å². The van der Waals surface area contributed by atoms with Crippen LogP contribution in [0.15, 0.2) is 0 Å². The standard InChI is InChI=1S/C9H17F3O/c1-4-8(5-2,6-3)13-7-9(10,11)12/h4-7H2,1-3H3. The summed E-state index contributed by atoms with van der Waals surface area (Å²) >= 11 is 0.